The van der Waals surface area contributed by atoms with Crippen LogP contribution in [0.1, 0.15) is 17.3 Å². The third-order valence-electron chi connectivity index (χ3n) is 4.00. The van der Waals surface area contributed by atoms with Gasteiger partial charge in [0.2, 0.25) is 5.91 Å². The first kappa shape index (κ1) is 21.2. The van der Waals surface area contributed by atoms with Crippen molar-refractivity contribution in [2.45, 2.75) is 18.6 Å². The summed E-state index contributed by atoms with van der Waals surface area (Å²) in [6.45, 7) is 2.54. The summed E-state index contributed by atoms with van der Waals surface area (Å²) in [7, 11) is 0. The lowest BCUT2D eigenvalue weighted by atomic mass is 10.1. The van der Waals surface area contributed by atoms with Gasteiger partial charge in [0.1, 0.15) is 0 Å². The number of hydrogen-bond acceptors (Lipinski definition) is 5. The van der Waals surface area contributed by atoms with Crippen LogP contribution >= 0.6 is 35.0 Å². The molecule has 0 unspecified atom stereocenters. The Bertz CT molecular complexity index is 1070. The first-order valence-electron chi connectivity index (χ1n) is 8.60. The number of aromatic nitrogens is 3. The number of anilines is 1. The number of nitrogens with two attached hydrogens (primary N) is 1. The van der Waals surface area contributed by atoms with Gasteiger partial charge in [-0.3, -0.25) is 9.59 Å². The molecule has 3 N–H and O–H groups in total. The summed E-state index contributed by atoms with van der Waals surface area (Å²) < 4.78 is 1.87. The summed E-state index contributed by atoms with van der Waals surface area (Å²) in [6, 6.07) is 11.7. The van der Waals surface area contributed by atoms with Crippen LogP contribution in [-0.4, -0.2) is 32.3 Å². The highest BCUT2D eigenvalue weighted by atomic mass is 35.5. The number of para-hydroxylation sites is 1. The van der Waals surface area contributed by atoms with Gasteiger partial charge in [0.05, 0.1) is 22.0 Å². The van der Waals surface area contributed by atoms with Gasteiger partial charge in [0.15, 0.2) is 11.0 Å². The third kappa shape index (κ3) is 4.90. The second-order valence-corrected chi connectivity index (χ2v) is 7.71. The molecule has 0 aliphatic carbocycles. The third-order valence-corrected chi connectivity index (χ3v) is 5.52. The molecule has 0 aliphatic heterocycles. The van der Waals surface area contributed by atoms with Crippen molar-refractivity contribution in [2.24, 2.45) is 5.73 Å². The lowest BCUT2D eigenvalue weighted by molar-refractivity contribution is -0.113. The fourth-order valence-corrected chi connectivity index (χ4v) is 3.97. The topological polar surface area (TPSA) is 103 Å². The van der Waals surface area contributed by atoms with Gasteiger partial charge in [-0.15, -0.1) is 10.2 Å². The van der Waals surface area contributed by atoms with E-state index in [0.29, 0.717) is 38.8 Å². The molecule has 0 fully saturated rings. The van der Waals surface area contributed by atoms with Crippen molar-refractivity contribution < 1.29 is 9.59 Å². The highest BCUT2D eigenvalue weighted by molar-refractivity contribution is 7.99. The Balaban J connectivity index is 1.74. The van der Waals surface area contributed by atoms with Crippen molar-refractivity contribution in [3.05, 3.63) is 58.1 Å². The number of nitrogens with zero attached hydrogens (tertiary/aromatic N) is 3. The maximum Gasteiger partial charge on any atom is 0.250 e. The van der Waals surface area contributed by atoms with Crippen LogP contribution < -0.4 is 11.1 Å². The highest BCUT2D eigenvalue weighted by Crippen LogP contribution is 2.31. The Morgan fingerprint density at radius 3 is 2.62 bits per heavy atom. The fourth-order valence-electron chi connectivity index (χ4n) is 2.67. The molecule has 0 aliphatic rings. The minimum absolute atomic E-state index is 0.0829. The number of primary amides is 1. The molecule has 10 heteroatoms. The van der Waals surface area contributed by atoms with E-state index in [-0.39, 0.29) is 17.2 Å². The largest absolute Gasteiger partial charge is 0.366 e. The van der Waals surface area contributed by atoms with Crippen molar-refractivity contribution in [2.75, 3.05) is 11.1 Å². The van der Waals surface area contributed by atoms with Crippen molar-refractivity contribution in [1.82, 2.24) is 14.8 Å². The van der Waals surface area contributed by atoms with E-state index in [4.69, 9.17) is 28.9 Å². The van der Waals surface area contributed by atoms with Gasteiger partial charge in [-0.1, -0.05) is 47.1 Å². The van der Waals surface area contributed by atoms with E-state index < -0.39 is 5.91 Å². The van der Waals surface area contributed by atoms with Crippen LogP contribution in [0.5, 0.6) is 0 Å². The fraction of sp³-hybridized carbons (Fsp3) is 0.158. The van der Waals surface area contributed by atoms with E-state index >= 15 is 0 Å². The average Bonchev–Trinajstić information content (AvgIpc) is 3.09. The van der Waals surface area contributed by atoms with Gasteiger partial charge in [0, 0.05) is 17.1 Å². The molecular formula is C19H17Cl2N5O2S. The smallest absolute Gasteiger partial charge is 0.250 e. The number of thioether (sulfide) groups is 1. The quantitative estimate of drug-likeness (QED) is 0.528. The summed E-state index contributed by atoms with van der Waals surface area (Å²) in [5.41, 5.74) is 6.67. The van der Waals surface area contributed by atoms with E-state index in [2.05, 4.69) is 15.5 Å². The zero-order valence-corrected chi connectivity index (χ0v) is 17.7. The van der Waals surface area contributed by atoms with Crippen molar-refractivity contribution in [3.63, 3.8) is 0 Å². The van der Waals surface area contributed by atoms with Crippen LogP contribution in [-0.2, 0) is 11.3 Å². The first-order valence-corrected chi connectivity index (χ1v) is 10.3. The van der Waals surface area contributed by atoms with Crippen LogP contribution in [0.4, 0.5) is 5.69 Å². The van der Waals surface area contributed by atoms with E-state index in [0.717, 1.165) is 0 Å². The molecule has 3 aromatic rings. The van der Waals surface area contributed by atoms with E-state index in [9.17, 15) is 9.59 Å². The Hall–Kier alpha value is -2.55. The highest BCUT2D eigenvalue weighted by Gasteiger charge is 2.17. The number of carbonyl (C=O) groups is 2. The molecule has 1 heterocycles. The Morgan fingerprint density at radius 2 is 1.93 bits per heavy atom. The minimum Gasteiger partial charge on any atom is -0.366 e. The van der Waals surface area contributed by atoms with E-state index in [1.807, 2.05) is 11.5 Å². The predicted molar refractivity (Wildman–Crippen MR) is 115 cm³/mol. The summed E-state index contributed by atoms with van der Waals surface area (Å²) >= 11 is 13.5. The summed E-state index contributed by atoms with van der Waals surface area (Å²) in [5, 5.41) is 12.7. The number of amides is 2. The molecular weight excluding hydrogens is 433 g/mol. The van der Waals surface area contributed by atoms with Gasteiger partial charge < -0.3 is 15.6 Å². The Kier molecular flexibility index (Phi) is 6.79. The molecule has 1 aromatic heterocycles. The molecule has 2 aromatic carbocycles. The first-order chi connectivity index (χ1) is 13.9. The molecule has 0 atom stereocenters. The maximum atomic E-state index is 12.4. The lowest BCUT2D eigenvalue weighted by Crippen LogP contribution is -2.19. The molecule has 150 valence electrons. The standard InChI is InChI=1S/C19H17Cl2N5O2S/c1-2-26-18(12-8-7-11(20)9-14(12)21)24-25-19(26)29-10-16(27)23-15-6-4-3-5-13(15)17(22)28/h3-9H,2,10H2,1H3,(H2,22,28)(H,23,27). The number of hydrogen-bond donors (Lipinski definition) is 2. The van der Waals surface area contributed by atoms with Crippen LogP contribution in [0, 0.1) is 0 Å². The van der Waals surface area contributed by atoms with Crippen LogP contribution in [0.25, 0.3) is 11.4 Å². The monoisotopic (exact) mass is 449 g/mol. The zero-order valence-electron chi connectivity index (χ0n) is 15.4. The summed E-state index contributed by atoms with van der Waals surface area (Å²) in [4.78, 5) is 23.8. The number of nitrogens with one attached hydrogen (secondary N) is 1. The summed E-state index contributed by atoms with van der Waals surface area (Å²) in [5.74, 6) is -0.222. The molecule has 0 saturated carbocycles. The summed E-state index contributed by atoms with van der Waals surface area (Å²) in [6.07, 6.45) is 0. The number of halogens is 2. The predicted octanol–water partition coefficient (Wildman–Crippen LogP) is 4.10. The Morgan fingerprint density at radius 1 is 1.17 bits per heavy atom. The average molecular weight is 450 g/mol. The molecule has 0 saturated heterocycles. The molecule has 0 spiro atoms. The number of rotatable bonds is 7. The van der Waals surface area contributed by atoms with Gasteiger partial charge in [-0.05, 0) is 37.3 Å². The van der Waals surface area contributed by atoms with E-state index in [1.54, 1.807) is 42.5 Å². The molecule has 3 rings (SSSR count). The van der Waals surface area contributed by atoms with Gasteiger partial charge in [0.25, 0.3) is 5.91 Å². The SMILES string of the molecule is CCn1c(SCC(=O)Nc2ccccc2C(N)=O)nnc1-c1ccc(Cl)cc1Cl. The van der Waals surface area contributed by atoms with Crippen LogP contribution in [0.3, 0.4) is 0 Å². The van der Waals surface area contributed by atoms with Gasteiger partial charge in [-0.2, -0.15) is 0 Å². The molecule has 0 bridgehead atoms. The molecule has 2 amide bonds. The lowest BCUT2D eigenvalue weighted by Gasteiger charge is -2.10. The second-order valence-electron chi connectivity index (χ2n) is 5.92. The van der Waals surface area contributed by atoms with Crippen molar-refractivity contribution in [3.8, 4) is 11.4 Å². The molecule has 7 nitrogen and oxygen atoms in total. The zero-order chi connectivity index (χ0) is 21.0. The van der Waals surface area contributed by atoms with Crippen molar-refractivity contribution in [1.29, 1.82) is 0 Å². The normalized spacial score (nSPS) is 10.7. The van der Waals surface area contributed by atoms with Gasteiger partial charge >= 0.3 is 0 Å². The number of benzene rings is 2. The van der Waals surface area contributed by atoms with Crippen LogP contribution in [0.15, 0.2) is 47.6 Å². The minimum atomic E-state index is -0.608. The van der Waals surface area contributed by atoms with Crippen molar-refractivity contribution >= 4 is 52.5 Å². The second kappa shape index (κ2) is 9.30. The molecule has 29 heavy (non-hydrogen) atoms. The number of carbonyl (C=O) groups excluding carboxylic acids is 2. The molecule has 0 radical (unpaired) electrons. The van der Waals surface area contributed by atoms with E-state index in [1.165, 1.54) is 11.8 Å². The van der Waals surface area contributed by atoms with Crippen LogP contribution in [0.2, 0.25) is 10.0 Å². The maximum absolute atomic E-state index is 12.4. The van der Waals surface area contributed by atoms with Gasteiger partial charge in [-0.25, -0.2) is 0 Å². The Labute approximate surface area is 181 Å².